The van der Waals surface area contributed by atoms with E-state index in [0.29, 0.717) is 0 Å². The summed E-state index contributed by atoms with van der Waals surface area (Å²) in [6, 6.07) is -0.152. The van der Waals surface area contributed by atoms with Gasteiger partial charge in [0.25, 0.3) is 0 Å². The molecular formula is C9H14N2O. The predicted octanol–water partition coefficient (Wildman–Crippen LogP) is 1.79. The van der Waals surface area contributed by atoms with Crippen LogP contribution in [0.4, 0.5) is 0 Å². The van der Waals surface area contributed by atoms with Crippen molar-refractivity contribution in [1.82, 2.24) is 9.97 Å². The Kier molecular flexibility index (Phi) is 2.04. The molecular weight excluding hydrogens is 152 g/mol. The molecule has 0 radical (unpaired) electrons. The molecule has 1 heterocycles. The SMILES string of the molecule is Cc1nc(O)ncc1C(C)(C)C. The standard InChI is InChI=1S/C9H14N2O/c1-6-7(9(2,3)4)5-10-8(12)11-6/h5H,1-4H3,(H,10,11,12). The number of nitrogens with zero attached hydrogens (tertiary/aromatic N) is 2. The van der Waals surface area contributed by atoms with E-state index in [2.05, 4.69) is 30.7 Å². The molecule has 1 N–H and O–H groups in total. The molecule has 0 amide bonds. The second-order valence-corrected chi connectivity index (χ2v) is 3.92. The van der Waals surface area contributed by atoms with Crippen LogP contribution in [0.15, 0.2) is 6.20 Å². The van der Waals surface area contributed by atoms with Gasteiger partial charge in [-0.05, 0) is 17.9 Å². The van der Waals surface area contributed by atoms with E-state index < -0.39 is 0 Å². The molecule has 0 fully saturated rings. The van der Waals surface area contributed by atoms with Crippen LogP contribution in [0.25, 0.3) is 0 Å². The highest BCUT2D eigenvalue weighted by Gasteiger charge is 2.17. The monoisotopic (exact) mass is 166 g/mol. The Hall–Kier alpha value is -1.12. The largest absolute Gasteiger partial charge is 0.479 e. The molecule has 0 spiro atoms. The van der Waals surface area contributed by atoms with Crippen molar-refractivity contribution >= 4 is 0 Å². The van der Waals surface area contributed by atoms with Crippen molar-refractivity contribution in [2.24, 2.45) is 0 Å². The van der Waals surface area contributed by atoms with Gasteiger partial charge < -0.3 is 5.11 Å². The van der Waals surface area contributed by atoms with Crippen LogP contribution >= 0.6 is 0 Å². The summed E-state index contributed by atoms with van der Waals surface area (Å²) in [5.41, 5.74) is 1.95. The van der Waals surface area contributed by atoms with Gasteiger partial charge in [0.15, 0.2) is 0 Å². The average molecular weight is 166 g/mol. The smallest absolute Gasteiger partial charge is 0.314 e. The second-order valence-electron chi connectivity index (χ2n) is 3.92. The fraction of sp³-hybridized carbons (Fsp3) is 0.556. The van der Waals surface area contributed by atoms with Crippen LogP contribution in [0.1, 0.15) is 32.0 Å². The summed E-state index contributed by atoms with van der Waals surface area (Å²) in [6.45, 7) is 8.16. The number of aromatic hydroxyl groups is 1. The number of aromatic nitrogens is 2. The van der Waals surface area contributed by atoms with Crippen molar-refractivity contribution in [1.29, 1.82) is 0 Å². The molecule has 0 unspecified atom stereocenters. The normalized spacial score (nSPS) is 11.7. The summed E-state index contributed by atoms with van der Waals surface area (Å²) < 4.78 is 0. The van der Waals surface area contributed by atoms with Gasteiger partial charge in [0.05, 0.1) is 0 Å². The third-order valence-electron chi connectivity index (χ3n) is 1.77. The van der Waals surface area contributed by atoms with E-state index >= 15 is 0 Å². The van der Waals surface area contributed by atoms with Crippen molar-refractivity contribution < 1.29 is 5.11 Å². The van der Waals surface area contributed by atoms with Crippen LogP contribution in [-0.2, 0) is 5.41 Å². The van der Waals surface area contributed by atoms with E-state index in [9.17, 15) is 0 Å². The van der Waals surface area contributed by atoms with Crippen molar-refractivity contribution in [3.8, 4) is 6.01 Å². The molecule has 1 aromatic rings. The quantitative estimate of drug-likeness (QED) is 0.639. The van der Waals surface area contributed by atoms with Crippen molar-refractivity contribution in [2.75, 3.05) is 0 Å². The molecule has 0 saturated heterocycles. The zero-order valence-corrected chi connectivity index (χ0v) is 7.92. The molecule has 0 aliphatic carbocycles. The van der Waals surface area contributed by atoms with Crippen molar-refractivity contribution in [3.63, 3.8) is 0 Å². The Bertz CT molecular complexity index is 289. The van der Waals surface area contributed by atoms with Gasteiger partial charge in [0.2, 0.25) is 0 Å². The molecule has 1 rings (SSSR count). The maximum Gasteiger partial charge on any atom is 0.314 e. The van der Waals surface area contributed by atoms with Gasteiger partial charge in [-0.3, -0.25) is 0 Å². The summed E-state index contributed by atoms with van der Waals surface area (Å²) in [4.78, 5) is 7.64. The zero-order valence-electron chi connectivity index (χ0n) is 7.92. The number of aryl methyl sites for hydroxylation is 1. The van der Waals surface area contributed by atoms with Crippen LogP contribution in [0.5, 0.6) is 6.01 Å². The maximum absolute atomic E-state index is 8.98. The minimum absolute atomic E-state index is 0.0395. The van der Waals surface area contributed by atoms with E-state index in [1.807, 2.05) is 6.92 Å². The van der Waals surface area contributed by atoms with Gasteiger partial charge in [-0.1, -0.05) is 20.8 Å². The van der Waals surface area contributed by atoms with Crippen molar-refractivity contribution in [2.45, 2.75) is 33.1 Å². The Morgan fingerprint density at radius 2 is 1.92 bits per heavy atom. The minimum atomic E-state index is -0.152. The zero-order chi connectivity index (χ0) is 9.35. The molecule has 1 aromatic heterocycles. The van der Waals surface area contributed by atoms with E-state index in [-0.39, 0.29) is 11.4 Å². The third kappa shape index (κ3) is 1.72. The topological polar surface area (TPSA) is 46.0 Å². The van der Waals surface area contributed by atoms with Gasteiger partial charge in [0.1, 0.15) is 0 Å². The van der Waals surface area contributed by atoms with Gasteiger partial charge in [-0.15, -0.1) is 0 Å². The summed E-state index contributed by atoms with van der Waals surface area (Å²) in [5.74, 6) is 0. The molecule has 3 heteroatoms. The molecule has 0 aliphatic heterocycles. The number of hydrogen-bond acceptors (Lipinski definition) is 3. The molecule has 0 saturated carbocycles. The lowest BCUT2D eigenvalue weighted by Gasteiger charge is -2.19. The lowest BCUT2D eigenvalue weighted by atomic mass is 9.87. The summed E-state index contributed by atoms with van der Waals surface area (Å²) in [5, 5.41) is 8.98. The molecule has 3 nitrogen and oxygen atoms in total. The maximum atomic E-state index is 8.98. The highest BCUT2D eigenvalue weighted by atomic mass is 16.3. The molecule has 0 aromatic carbocycles. The Balaban J connectivity index is 3.19. The molecule has 0 bridgehead atoms. The van der Waals surface area contributed by atoms with E-state index in [0.717, 1.165) is 11.3 Å². The van der Waals surface area contributed by atoms with Gasteiger partial charge in [0, 0.05) is 11.9 Å². The molecule has 66 valence electrons. The number of rotatable bonds is 0. The van der Waals surface area contributed by atoms with Crippen molar-refractivity contribution in [3.05, 3.63) is 17.5 Å². The first kappa shape index (κ1) is 8.97. The summed E-state index contributed by atoms with van der Waals surface area (Å²) in [7, 11) is 0. The van der Waals surface area contributed by atoms with Crippen LogP contribution in [-0.4, -0.2) is 15.1 Å². The highest BCUT2D eigenvalue weighted by molar-refractivity contribution is 5.24. The van der Waals surface area contributed by atoms with Gasteiger partial charge in [-0.2, -0.15) is 0 Å². The average Bonchev–Trinajstić information content (AvgIpc) is 1.83. The first-order valence-corrected chi connectivity index (χ1v) is 3.94. The third-order valence-corrected chi connectivity index (χ3v) is 1.77. The van der Waals surface area contributed by atoms with E-state index in [1.54, 1.807) is 6.20 Å². The van der Waals surface area contributed by atoms with Crippen LogP contribution < -0.4 is 0 Å². The lowest BCUT2D eigenvalue weighted by molar-refractivity contribution is 0.425. The fourth-order valence-electron chi connectivity index (χ4n) is 1.19. The Labute approximate surface area is 72.5 Å². The van der Waals surface area contributed by atoms with E-state index in [1.165, 1.54) is 0 Å². The summed E-state index contributed by atoms with van der Waals surface area (Å²) in [6.07, 6.45) is 1.68. The fourth-order valence-corrected chi connectivity index (χ4v) is 1.19. The van der Waals surface area contributed by atoms with Gasteiger partial charge >= 0.3 is 6.01 Å². The first-order chi connectivity index (χ1) is 5.41. The van der Waals surface area contributed by atoms with Gasteiger partial charge in [-0.25, -0.2) is 9.97 Å². The molecule has 0 atom stereocenters. The Morgan fingerprint density at radius 3 is 2.33 bits per heavy atom. The minimum Gasteiger partial charge on any atom is -0.479 e. The first-order valence-electron chi connectivity index (χ1n) is 3.94. The predicted molar refractivity (Wildman–Crippen MR) is 47.1 cm³/mol. The molecule has 0 aliphatic rings. The molecule has 12 heavy (non-hydrogen) atoms. The number of hydrogen-bond donors (Lipinski definition) is 1. The Morgan fingerprint density at radius 1 is 1.33 bits per heavy atom. The van der Waals surface area contributed by atoms with Crippen LogP contribution in [0.3, 0.4) is 0 Å². The second kappa shape index (κ2) is 2.73. The lowest BCUT2D eigenvalue weighted by Crippen LogP contribution is -2.14. The summed E-state index contributed by atoms with van der Waals surface area (Å²) >= 11 is 0. The van der Waals surface area contributed by atoms with Crippen LogP contribution in [0.2, 0.25) is 0 Å². The van der Waals surface area contributed by atoms with Crippen LogP contribution in [0, 0.1) is 6.92 Å². The highest BCUT2D eigenvalue weighted by Crippen LogP contribution is 2.24. The van der Waals surface area contributed by atoms with E-state index in [4.69, 9.17) is 5.11 Å².